The van der Waals surface area contributed by atoms with E-state index in [-0.39, 0.29) is 0 Å². The van der Waals surface area contributed by atoms with Gasteiger partial charge in [-0.15, -0.1) is 6.58 Å². The Morgan fingerprint density at radius 3 is 2.45 bits per heavy atom. The first-order chi connectivity index (χ1) is 10.8. The third-order valence-corrected chi connectivity index (χ3v) is 3.35. The van der Waals surface area contributed by atoms with Crippen LogP contribution < -0.4 is 9.47 Å². The molecule has 2 nitrogen and oxygen atoms in total. The van der Waals surface area contributed by atoms with Crippen molar-refractivity contribution in [2.45, 2.75) is 12.8 Å². The lowest BCUT2D eigenvalue weighted by molar-refractivity contribution is 0.362. The summed E-state index contributed by atoms with van der Waals surface area (Å²) in [5.41, 5.74) is 2.42. The van der Waals surface area contributed by atoms with E-state index >= 15 is 0 Å². The van der Waals surface area contributed by atoms with E-state index in [1.807, 2.05) is 42.5 Å². The van der Waals surface area contributed by atoms with Crippen molar-refractivity contribution in [1.82, 2.24) is 0 Å². The summed E-state index contributed by atoms with van der Waals surface area (Å²) in [7, 11) is 1.70. The summed E-state index contributed by atoms with van der Waals surface area (Å²) in [4.78, 5) is 0. The number of allylic oxidation sites excluding steroid dienone is 2. The molecular formula is C20H22O2. The van der Waals surface area contributed by atoms with Crippen molar-refractivity contribution in [1.29, 1.82) is 0 Å². The Balaban J connectivity index is 1.79. The molecule has 0 radical (unpaired) electrons. The van der Waals surface area contributed by atoms with E-state index < -0.39 is 0 Å². The van der Waals surface area contributed by atoms with Crippen LogP contribution >= 0.6 is 0 Å². The Bertz CT molecular complexity index is 612. The summed E-state index contributed by atoms with van der Waals surface area (Å²) in [5, 5.41) is 0. The van der Waals surface area contributed by atoms with Crippen LogP contribution in [0.2, 0.25) is 0 Å². The Morgan fingerprint density at radius 2 is 1.73 bits per heavy atom. The van der Waals surface area contributed by atoms with Gasteiger partial charge in [0.1, 0.15) is 18.1 Å². The van der Waals surface area contributed by atoms with Crippen molar-refractivity contribution < 1.29 is 9.47 Å². The van der Waals surface area contributed by atoms with Gasteiger partial charge in [-0.05, 0) is 42.2 Å². The van der Waals surface area contributed by atoms with Crippen molar-refractivity contribution >= 4 is 0 Å². The van der Waals surface area contributed by atoms with Gasteiger partial charge in [0, 0.05) is 0 Å². The van der Waals surface area contributed by atoms with Gasteiger partial charge in [0.05, 0.1) is 7.11 Å². The molecule has 0 unspecified atom stereocenters. The average Bonchev–Trinajstić information content (AvgIpc) is 2.57. The van der Waals surface area contributed by atoms with E-state index in [2.05, 4.69) is 30.9 Å². The van der Waals surface area contributed by atoms with Gasteiger partial charge in [-0.3, -0.25) is 0 Å². The van der Waals surface area contributed by atoms with Crippen LogP contribution in [-0.4, -0.2) is 13.7 Å². The second-order valence-corrected chi connectivity index (χ2v) is 4.94. The van der Waals surface area contributed by atoms with Gasteiger partial charge in [0.2, 0.25) is 0 Å². The van der Waals surface area contributed by atoms with Crippen LogP contribution in [0.15, 0.2) is 73.3 Å². The molecule has 0 aliphatic carbocycles. The summed E-state index contributed by atoms with van der Waals surface area (Å²) in [6.07, 6.45) is 7.76. The summed E-state index contributed by atoms with van der Waals surface area (Å²) in [6.45, 7) is 4.30. The molecule has 0 bridgehead atoms. The van der Waals surface area contributed by atoms with E-state index in [0.29, 0.717) is 6.61 Å². The van der Waals surface area contributed by atoms with E-state index in [4.69, 9.17) is 9.47 Å². The zero-order valence-electron chi connectivity index (χ0n) is 13.0. The second-order valence-electron chi connectivity index (χ2n) is 4.94. The smallest absolute Gasteiger partial charge is 0.122 e. The van der Waals surface area contributed by atoms with Crippen molar-refractivity contribution in [2.24, 2.45) is 0 Å². The average molecular weight is 294 g/mol. The van der Waals surface area contributed by atoms with Gasteiger partial charge in [-0.25, -0.2) is 0 Å². The normalized spacial score (nSPS) is 10.6. The van der Waals surface area contributed by atoms with Gasteiger partial charge in [0.25, 0.3) is 0 Å². The molecule has 22 heavy (non-hydrogen) atoms. The molecule has 0 aliphatic rings. The second kappa shape index (κ2) is 8.73. The predicted octanol–water partition coefficient (Wildman–Crippen LogP) is 4.60. The highest BCUT2D eigenvalue weighted by atomic mass is 16.5. The predicted molar refractivity (Wildman–Crippen MR) is 91.7 cm³/mol. The van der Waals surface area contributed by atoms with E-state index in [1.165, 1.54) is 11.1 Å². The van der Waals surface area contributed by atoms with Gasteiger partial charge >= 0.3 is 0 Å². The molecule has 2 rings (SSSR count). The molecule has 0 amide bonds. The van der Waals surface area contributed by atoms with E-state index in [9.17, 15) is 0 Å². The minimum Gasteiger partial charge on any atom is -0.496 e. The first-order valence-corrected chi connectivity index (χ1v) is 7.43. The first-order valence-electron chi connectivity index (χ1n) is 7.43. The van der Waals surface area contributed by atoms with Gasteiger partial charge in [0.15, 0.2) is 0 Å². The fourth-order valence-electron chi connectivity index (χ4n) is 2.18. The molecule has 2 aromatic rings. The highest BCUT2D eigenvalue weighted by molar-refractivity contribution is 5.34. The number of hydrogen-bond donors (Lipinski definition) is 0. The summed E-state index contributed by atoms with van der Waals surface area (Å²) < 4.78 is 11.0. The van der Waals surface area contributed by atoms with E-state index in [0.717, 1.165) is 24.3 Å². The molecule has 0 heterocycles. The Kier molecular flexibility index (Phi) is 6.31. The number of methoxy groups -OCH3 is 1. The Morgan fingerprint density at radius 1 is 0.955 bits per heavy atom. The van der Waals surface area contributed by atoms with Crippen molar-refractivity contribution in [3.63, 3.8) is 0 Å². The van der Waals surface area contributed by atoms with Crippen LogP contribution in [0.5, 0.6) is 11.5 Å². The van der Waals surface area contributed by atoms with Crippen LogP contribution in [0.4, 0.5) is 0 Å². The molecule has 0 aliphatic heterocycles. The number of hydrogen-bond acceptors (Lipinski definition) is 2. The molecule has 2 heteroatoms. The molecule has 0 saturated heterocycles. The third kappa shape index (κ3) is 4.81. The molecule has 2 aromatic carbocycles. The van der Waals surface area contributed by atoms with Crippen molar-refractivity contribution in [3.05, 3.63) is 84.5 Å². The van der Waals surface area contributed by atoms with Gasteiger partial charge < -0.3 is 9.47 Å². The van der Waals surface area contributed by atoms with Gasteiger partial charge in [-0.1, -0.05) is 48.6 Å². The maximum Gasteiger partial charge on any atom is 0.122 e. The van der Waals surface area contributed by atoms with Crippen LogP contribution in [0.3, 0.4) is 0 Å². The fraction of sp³-hybridized carbons (Fsp3) is 0.200. The molecule has 114 valence electrons. The minimum absolute atomic E-state index is 0.565. The molecule has 0 atom stereocenters. The Hall–Kier alpha value is -2.48. The lowest BCUT2D eigenvalue weighted by Gasteiger charge is -2.06. The summed E-state index contributed by atoms with van der Waals surface area (Å²) in [5.74, 6) is 1.81. The molecule has 0 aromatic heterocycles. The Labute approximate surface area is 132 Å². The van der Waals surface area contributed by atoms with Crippen molar-refractivity contribution in [3.8, 4) is 11.5 Å². The maximum atomic E-state index is 5.69. The quantitative estimate of drug-likeness (QED) is 0.662. The summed E-state index contributed by atoms with van der Waals surface area (Å²) in [6, 6.07) is 16.2. The van der Waals surface area contributed by atoms with Crippen molar-refractivity contribution in [2.75, 3.05) is 13.7 Å². The lowest BCUT2D eigenvalue weighted by atomic mass is 10.1. The van der Waals surface area contributed by atoms with Crippen LogP contribution in [0.1, 0.15) is 11.1 Å². The number of ether oxygens (including phenoxy) is 2. The van der Waals surface area contributed by atoms with Crippen LogP contribution in [-0.2, 0) is 12.8 Å². The first kappa shape index (κ1) is 15.9. The lowest BCUT2D eigenvalue weighted by Crippen LogP contribution is -1.94. The third-order valence-electron chi connectivity index (χ3n) is 3.35. The zero-order valence-corrected chi connectivity index (χ0v) is 13.0. The van der Waals surface area contributed by atoms with E-state index in [1.54, 1.807) is 7.11 Å². The monoisotopic (exact) mass is 294 g/mol. The molecular weight excluding hydrogens is 272 g/mol. The SMILES string of the molecule is C=CCc1ccc(OC/C=C/Cc2ccccc2OC)cc1. The highest BCUT2D eigenvalue weighted by Crippen LogP contribution is 2.18. The van der Waals surface area contributed by atoms with Gasteiger partial charge in [-0.2, -0.15) is 0 Å². The molecule has 0 N–H and O–H groups in total. The largest absolute Gasteiger partial charge is 0.496 e. The fourth-order valence-corrected chi connectivity index (χ4v) is 2.18. The minimum atomic E-state index is 0.565. The topological polar surface area (TPSA) is 18.5 Å². The standard InChI is InChI=1S/C20H22O2/c1-3-8-17-12-14-19(15-13-17)22-16-7-6-10-18-9-4-5-11-20(18)21-2/h3-7,9,11-15H,1,8,10,16H2,2H3/b7-6+. The molecule has 0 saturated carbocycles. The molecule has 0 fully saturated rings. The number of benzene rings is 2. The maximum absolute atomic E-state index is 5.69. The van der Waals surface area contributed by atoms with Crippen LogP contribution in [0.25, 0.3) is 0 Å². The number of para-hydroxylation sites is 1. The zero-order chi connectivity index (χ0) is 15.6. The highest BCUT2D eigenvalue weighted by Gasteiger charge is 1.98. The molecule has 0 spiro atoms. The summed E-state index contributed by atoms with van der Waals surface area (Å²) >= 11 is 0. The van der Waals surface area contributed by atoms with Crippen LogP contribution in [0, 0.1) is 0 Å². The number of rotatable bonds is 8.